The van der Waals surface area contributed by atoms with Crippen molar-refractivity contribution >= 4 is 12.1 Å². The minimum absolute atomic E-state index is 0.0104. The van der Waals surface area contributed by atoms with Gasteiger partial charge in [0, 0.05) is 12.0 Å². The Balaban J connectivity index is 1.79. The van der Waals surface area contributed by atoms with E-state index in [-0.39, 0.29) is 29.6 Å². The second-order valence-corrected chi connectivity index (χ2v) is 6.25. The first kappa shape index (κ1) is 14.2. The maximum absolute atomic E-state index is 11.8. The van der Waals surface area contributed by atoms with Crippen molar-refractivity contribution in [2.45, 2.75) is 51.2 Å². The molecule has 0 aromatic rings. The first-order chi connectivity index (χ1) is 9.83. The number of hydrogen-bond donors (Lipinski definition) is 2. The van der Waals surface area contributed by atoms with Crippen molar-refractivity contribution in [3.8, 4) is 0 Å². The topological polar surface area (TPSA) is 97.4 Å². The number of carboxylic acids is 1. The van der Waals surface area contributed by atoms with Crippen molar-refractivity contribution in [3.05, 3.63) is 11.8 Å². The fraction of sp³-hybridized carbons (Fsp3) is 0.714. The normalized spacial score (nSPS) is 39.7. The quantitative estimate of drug-likeness (QED) is 0.761. The van der Waals surface area contributed by atoms with E-state index >= 15 is 0 Å². The van der Waals surface area contributed by atoms with Crippen LogP contribution in [0.2, 0.25) is 0 Å². The second kappa shape index (κ2) is 4.62. The van der Waals surface area contributed by atoms with Gasteiger partial charge in [0.1, 0.15) is 5.60 Å². The van der Waals surface area contributed by atoms with E-state index in [0.29, 0.717) is 6.42 Å². The molecule has 2 fully saturated rings. The molecule has 1 aliphatic carbocycles. The molecule has 0 bridgehead atoms. The van der Waals surface area contributed by atoms with Crippen LogP contribution >= 0.6 is 0 Å². The van der Waals surface area contributed by atoms with Crippen LogP contribution in [0.5, 0.6) is 0 Å². The molecular formula is C14H19NO6. The lowest BCUT2D eigenvalue weighted by molar-refractivity contribution is -0.148. The minimum atomic E-state index is -1.00. The Bertz CT molecular complexity index is 516. The molecule has 2 N–H and O–H groups in total. The smallest absolute Gasteiger partial charge is 0.410 e. The summed E-state index contributed by atoms with van der Waals surface area (Å²) in [6.45, 7) is 5.56. The van der Waals surface area contributed by atoms with Gasteiger partial charge in [-0.3, -0.25) is 0 Å². The number of carbonyl (C=O) groups is 2. The highest BCUT2D eigenvalue weighted by molar-refractivity contribution is 5.87. The molecule has 7 nitrogen and oxygen atoms in total. The third-order valence-corrected chi connectivity index (χ3v) is 4.44. The molecule has 116 valence electrons. The summed E-state index contributed by atoms with van der Waals surface area (Å²) in [6.07, 6.45) is 0.429. The SMILES string of the molecule is CC(C)NC(=O)OC1OC=C(C(=O)O)C2CC3OC3(C)C12. The molecule has 3 rings (SSSR count). The lowest BCUT2D eigenvalue weighted by Crippen LogP contribution is -2.45. The first-order valence-electron chi connectivity index (χ1n) is 7.06. The largest absolute Gasteiger partial charge is 0.478 e. The van der Waals surface area contributed by atoms with Gasteiger partial charge in [-0.15, -0.1) is 0 Å². The Kier molecular flexibility index (Phi) is 3.12. The molecule has 21 heavy (non-hydrogen) atoms. The molecule has 3 aliphatic rings. The number of amides is 1. The van der Waals surface area contributed by atoms with Gasteiger partial charge in [-0.2, -0.15) is 0 Å². The number of hydrogen-bond acceptors (Lipinski definition) is 5. The molecule has 5 atom stereocenters. The van der Waals surface area contributed by atoms with Crippen LogP contribution in [0.4, 0.5) is 4.79 Å². The van der Waals surface area contributed by atoms with Crippen LogP contribution < -0.4 is 5.32 Å². The van der Waals surface area contributed by atoms with Gasteiger partial charge < -0.3 is 24.6 Å². The number of carboxylic acid groups (broad SMARTS) is 1. The van der Waals surface area contributed by atoms with Crippen LogP contribution in [0.15, 0.2) is 11.8 Å². The lowest BCUT2D eigenvalue weighted by atomic mass is 9.82. The number of fused-ring (bicyclic) bond motifs is 3. The highest BCUT2D eigenvalue weighted by atomic mass is 16.7. The van der Waals surface area contributed by atoms with E-state index < -0.39 is 24.0 Å². The number of nitrogens with one attached hydrogen (secondary N) is 1. The standard InChI is InChI=1S/C14H19NO6/c1-6(2)15-13(18)20-12-10-7(4-9-14(10,3)21-9)8(5-19-12)11(16)17/h5-7,9-10,12H,4H2,1-3H3,(H,15,18)(H,16,17). The Morgan fingerprint density at radius 2 is 2.24 bits per heavy atom. The number of alkyl carbamates (subject to hydrolysis) is 1. The van der Waals surface area contributed by atoms with Gasteiger partial charge in [0.15, 0.2) is 0 Å². The van der Waals surface area contributed by atoms with Crippen molar-refractivity contribution in [2.24, 2.45) is 11.8 Å². The Hall–Kier alpha value is -1.76. The number of carbonyl (C=O) groups excluding carboxylic acids is 1. The minimum Gasteiger partial charge on any atom is -0.478 e. The van der Waals surface area contributed by atoms with Crippen molar-refractivity contribution in [2.75, 3.05) is 0 Å². The van der Waals surface area contributed by atoms with Crippen molar-refractivity contribution < 1.29 is 28.9 Å². The van der Waals surface area contributed by atoms with E-state index in [1.54, 1.807) is 0 Å². The number of epoxide rings is 1. The predicted molar refractivity (Wildman–Crippen MR) is 70.2 cm³/mol. The van der Waals surface area contributed by atoms with E-state index in [1.165, 1.54) is 6.26 Å². The van der Waals surface area contributed by atoms with E-state index in [9.17, 15) is 14.7 Å². The molecule has 2 heterocycles. The van der Waals surface area contributed by atoms with Crippen LogP contribution in [-0.4, -0.2) is 41.2 Å². The second-order valence-electron chi connectivity index (χ2n) is 6.25. The van der Waals surface area contributed by atoms with Gasteiger partial charge in [-0.25, -0.2) is 9.59 Å². The number of ether oxygens (including phenoxy) is 3. The van der Waals surface area contributed by atoms with Crippen LogP contribution in [0.3, 0.4) is 0 Å². The van der Waals surface area contributed by atoms with E-state index in [2.05, 4.69) is 5.32 Å². The van der Waals surface area contributed by atoms with Gasteiger partial charge >= 0.3 is 12.1 Å². The summed E-state index contributed by atoms with van der Waals surface area (Å²) in [4.78, 5) is 23.0. The molecule has 7 heteroatoms. The Labute approximate surface area is 122 Å². The lowest BCUT2D eigenvalue weighted by Gasteiger charge is -2.35. The number of aliphatic carboxylic acids is 1. The maximum atomic E-state index is 11.8. The summed E-state index contributed by atoms with van der Waals surface area (Å²) in [5.74, 6) is -1.51. The summed E-state index contributed by atoms with van der Waals surface area (Å²) in [5.41, 5.74) is -0.247. The van der Waals surface area contributed by atoms with Crippen molar-refractivity contribution in [1.29, 1.82) is 0 Å². The average molecular weight is 297 g/mol. The number of rotatable bonds is 3. The summed E-state index contributed by atoms with van der Waals surface area (Å²) in [7, 11) is 0. The van der Waals surface area contributed by atoms with Gasteiger partial charge in [-0.1, -0.05) is 0 Å². The molecule has 2 aliphatic heterocycles. The van der Waals surface area contributed by atoms with Gasteiger partial charge in [0.25, 0.3) is 6.29 Å². The average Bonchev–Trinajstić information content (AvgIpc) is 2.90. The monoisotopic (exact) mass is 297 g/mol. The van der Waals surface area contributed by atoms with Gasteiger partial charge in [0.05, 0.1) is 23.9 Å². The van der Waals surface area contributed by atoms with E-state index in [0.717, 1.165) is 0 Å². The van der Waals surface area contributed by atoms with Crippen molar-refractivity contribution in [3.63, 3.8) is 0 Å². The highest BCUT2D eigenvalue weighted by Gasteiger charge is 2.70. The van der Waals surface area contributed by atoms with Crippen LogP contribution in [0.1, 0.15) is 27.2 Å². The fourth-order valence-electron chi connectivity index (χ4n) is 3.40. The zero-order valence-electron chi connectivity index (χ0n) is 12.2. The Morgan fingerprint density at radius 1 is 1.52 bits per heavy atom. The zero-order chi connectivity index (χ0) is 15.4. The molecule has 0 radical (unpaired) electrons. The molecule has 0 spiro atoms. The molecule has 5 unspecified atom stereocenters. The third-order valence-electron chi connectivity index (χ3n) is 4.44. The molecule has 0 aromatic carbocycles. The molecule has 1 saturated heterocycles. The van der Waals surface area contributed by atoms with Crippen LogP contribution in [-0.2, 0) is 19.0 Å². The van der Waals surface area contributed by atoms with E-state index in [4.69, 9.17) is 14.2 Å². The zero-order valence-corrected chi connectivity index (χ0v) is 12.2. The van der Waals surface area contributed by atoms with Gasteiger partial charge in [0.2, 0.25) is 0 Å². The first-order valence-corrected chi connectivity index (χ1v) is 7.06. The molecule has 1 saturated carbocycles. The maximum Gasteiger partial charge on any atom is 0.410 e. The van der Waals surface area contributed by atoms with Crippen molar-refractivity contribution in [1.82, 2.24) is 5.32 Å². The van der Waals surface area contributed by atoms with Gasteiger partial charge in [-0.05, 0) is 27.2 Å². The highest BCUT2D eigenvalue weighted by Crippen LogP contribution is 2.60. The fourth-order valence-corrected chi connectivity index (χ4v) is 3.40. The summed E-state index contributed by atoms with van der Waals surface area (Å²) in [6, 6.07) is -0.0499. The summed E-state index contributed by atoms with van der Waals surface area (Å²) in [5, 5.41) is 11.9. The molecule has 1 amide bonds. The van der Waals surface area contributed by atoms with E-state index in [1.807, 2.05) is 20.8 Å². The molecular weight excluding hydrogens is 278 g/mol. The summed E-state index contributed by atoms with van der Waals surface area (Å²) >= 11 is 0. The predicted octanol–water partition coefficient (Wildman–Crippen LogP) is 1.24. The third kappa shape index (κ3) is 2.25. The Morgan fingerprint density at radius 3 is 2.86 bits per heavy atom. The summed E-state index contributed by atoms with van der Waals surface area (Å²) < 4.78 is 16.3. The molecule has 0 aromatic heterocycles. The van der Waals surface area contributed by atoms with Crippen LogP contribution in [0, 0.1) is 11.8 Å². The van der Waals surface area contributed by atoms with Crippen LogP contribution in [0.25, 0.3) is 0 Å².